The van der Waals surface area contributed by atoms with Gasteiger partial charge in [-0.15, -0.1) is 0 Å². The molecular formula is C20H16F2N2O4. The summed E-state index contributed by atoms with van der Waals surface area (Å²) < 4.78 is 26.9. The Kier molecular flexibility index (Phi) is 5.21. The number of aliphatic carboxylic acids is 1. The second kappa shape index (κ2) is 7.59. The van der Waals surface area contributed by atoms with Crippen molar-refractivity contribution in [2.75, 3.05) is 5.32 Å². The maximum atomic E-state index is 13.8. The van der Waals surface area contributed by atoms with Gasteiger partial charge in [-0.05, 0) is 29.8 Å². The molecule has 0 fully saturated rings. The van der Waals surface area contributed by atoms with Gasteiger partial charge in [0.1, 0.15) is 11.6 Å². The number of nitrogens with one attached hydrogen (secondary N) is 2. The molecule has 0 aliphatic heterocycles. The standard InChI is InChI=1S/C20H16F2N2O4/c1-10(25)24-12-3-5-13-16(9-23-18(13)7-12)15(20(27)28)8-19(26)14-4-2-11(21)6-17(14)22/h2-7,9,15,23H,8H2,1H3,(H,24,25)(H,27,28). The van der Waals surface area contributed by atoms with Crippen LogP contribution in [-0.2, 0) is 9.59 Å². The minimum absolute atomic E-state index is 0.249. The van der Waals surface area contributed by atoms with Gasteiger partial charge in [0, 0.05) is 42.2 Å². The number of H-pyrrole nitrogens is 1. The van der Waals surface area contributed by atoms with Crippen LogP contribution in [0, 0.1) is 11.6 Å². The number of ketones is 1. The Morgan fingerprint density at radius 3 is 2.54 bits per heavy atom. The molecule has 6 nitrogen and oxygen atoms in total. The molecule has 0 aliphatic rings. The van der Waals surface area contributed by atoms with Crippen molar-refractivity contribution in [3.63, 3.8) is 0 Å². The zero-order valence-corrected chi connectivity index (χ0v) is 14.8. The third-order valence-electron chi connectivity index (χ3n) is 4.33. The first-order chi connectivity index (χ1) is 13.3. The summed E-state index contributed by atoms with van der Waals surface area (Å²) in [6.07, 6.45) is 0.980. The van der Waals surface area contributed by atoms with Crippen LogP contribution in [0.3, 0.4) is 0 Å². The van der Waals surface area contributed by atoms with Crippen LogP contribution in [-0.4, -0.2) is 27.8 Å². The Morgan fingerprint density at radius 2 is 1.89 bits per heavy atom. The van der Waals surface area contributed by atoms with E-state index >= 15 is 0 Å². The normalized spacial score (nSPS) is 12.0. The van der Waals surface area contributed by atoms with Crippen molar-refractivity contribution in [3.8, 4) is 0 Å². The van der Waals surface area contributed by atoms with Crippen molar-refractivity contribution >= 4 is 34.3 Å². The minimum atomic E-state index is -1.25. The van der Waals surface area contributed by atoms with E-state index in [4.69, 9.17) is 0 Å². The van der Waals surface area contributed by atoms with Crippen LogP contribution in [0.4, 0.5) is 14.5 Å². The zero-order valence-electron chi connectivity index (χ0n) is 14.8. The molecular weight excluding hydrogens is 370 g/mol. The Labute approximate surface area is 158 Å². The van der Waals surface area contributed by atoms with Gasteiger partial charge in [-0.1, -0.05) is 6.07 Å². The highest BCUT2D eigenvalue weighted by atomic mass is 19.1. The summed E-state index contributed by atoms with van der Waals surface area (Å²) in [5.74, 6) is -5.32. The molecule has 2 aromatic carbocycles. The summed E-state index contributed by atoms with van der Waals surface area (Å²) in [5.41, 5.74) is 1.10. The van der Waals surface area contributed by atoms with E-state index in [1.54, 1.807) is 18.2 Å². The van der Waals surface area contributed by atoms with E-state index in [0.717, 1.165) is 12.1 Å². The fourth-order valence-corrected chi connectivity index (χ4v) is 3.06. The first kappa shape index (κ1) is 19.2. The quantitative estimate of drug-likeness (QED) is 0.561. The third kappa shape index (κ3) is 3.90. The number of halogens is 2. The van der Waals surface area contributed by atoms with E-state index in [9.17, 15) is 28.3 Å². The van der Waals surface area contributed by atoms with Gasteiger partial charge >= 0.3 is 5.97 Å². The van der Waals surface area contributed by atoms with Gasteiger partial charge in [0.15, 0.2) is 5.78 Å². The number of amides is 1. The predicted octanol–water partition coefficient (Wildman–Crippen LogP) is 3.85. The second-order valence-corrected chi connectivity index (χ2v) is 6.33. The molecule has 1 amide bonds. The van der Waals surface area contributed by atoms with Gasteiger partial charge in [-0.25, -0.2) is 8.78 Å². The smallest absolute Gasteiger partial charge is 0.311 e. The lowest BCUT2D eigenvalue weighted by Crippen LogP contribution is -2.17. The lowest BCUT2D eigenvalue weighted by molar-refractivity contribution is -0.138. The summed E-state index contributed by atoms with van der Waals surface area (Å²) in [5, 5.41) is 12.8. The fourth-order valence-electron chi connectivity index (χ4n) is 3.06. The van der Waals surface area contributed by atoms with Gasteiger partial charge in [-0.2, -0.15) is 0 Å². The SMILES string of the molecule is CC(=O)Nc1ccc2c(C(CC(=O)c3ccc(F)cc3F)C(=O)O)c[nH]c2c1. The number of fused-ring (bicyclic) bond motifs is 1. The molecule has 0 spiro atoms. The Morgan fingerprint density at radius 1 is 1.14 bits per heavy atom. The summed E-state index contributed by atoms with van der Waals surface area (Å²) >= 11 is 0. The number of anilines is 1. The van der Waals surface area contributed by atoms with Crippen LogP contribution in [0.25, 0.3) is 10.9 Å². The van der Waals surface area contributed by atoms with Crippen LogP contribution in [0.2, 0.25) is 0 Å². The van der Waals surface area contributed by atoms with Gasteiger partial charge in [0.25, 0.3) is 0 Å². The zero-order chi connectivity index (χ0) is 20.4. The molecule has 1 atom stereocenters. The first-order valence-electron chi connectivity index (χ1n) is 8.36. The number of rotatable bonds is 6. The molecule has 3 aromatic rings. The largest absolute Gasteiger partial charge is 0.481 e. The topological polar surface area (TPSA) is 99.3 Å². The van der Waals surface area contributed by atoms with Crippen molar-refractivity contribution in [2.45, 2.75) is 19.3 Å². The number of carbonyl (C=O) groups is 3. The van der Waals surface area contributed by atoms with Crippen molar-refractivity contribution in [1.29, 1.82) is 0 Å². The second-order valence-electron chi connectivity index (χ2n) is 6.33. The molecule has 3 N–H and O–H groups in total. The van der Waals surface area contributed by atoms with E-state index in [0.29, 0.717) is 28.2 Å². The number of carboxylic acids is 1. The molecule has 0 saturated carbocycles. The molecule has 0 bridgehead atoms. The van der Waals surface area contributed by atoms with Crippen LogP contribution in [0.15, 0.2) is 42.6 Å². The van der Waals surface area contributed by atoms with Crippen molar-refractivity contribution in [3.05, 3.63) is 65.4 Å². The maximum Gasteiger partial charge on any atom is 0.311 e. The van der Waals surface area contributed by atoms with Crippen LogP contribution in [0.1, 0.15) is 35.2 Å². The molecule has 1 unspecified atom stereocenters. The number of benzene rings is 2. The summed E-state index contributed by atoms with van der Waals surface area (Å²) in [6.45, 7) is 1.37. The number of Topliss-reactive ketones (excluding diaryl/α,β-unsaturated/α-hetero) is 1. The summed E-state index contributed by atoms with van der Waals surface area (Å²) in [6, 6.07) is 7.41. The molecule has 1 heterocycles. The summed E-state index contributed by atoms with van der Waals surface area (Å²) in [4.78, 5) is 38.3. The van der Waals surface area contributed by atoms with Gasteiger partial charge in [-0.3, -0.25) is 14.4 Å². The number of hydrogen-bond donors (Lipinski definition) is 3. The van der Waals surface area contributed by atoms with E-state index in [1.165, 1.54) is 13.1 Å². The molecule has 0 aliphatic carbocycles. The Bertz CT molecular complexity index is 1090. The van der Waals surface area contributed by atoms with Crippen molar-refractivity contribution in [1.82, 2.24) is 4.98 Å². The first-order valence-corrected chi connectivity index (χ1v) is 8.36. The summed E-state index contributed by atoms with van der Waals surface area (Å²) in [7, 11) is 0. The van der Waals surface area contributed by atoms with Gasteiger partial charge in [0.2, 0.25) is 5.91 Å². The molecule has 0 saturated heterocycles. The third-order valence-corrected chi connectivity index (χ3v) is 4.33. The van der Waals surface area contributed by atoms with Gasteiger partial charge < -0.3 is 15.4 Å². The van der Waals surface area contributed by atoms with Crippen molar-refractivity contribution < 1.29 is 28.3 Å². The lowest BCUT2D eigenvalue weighted by atomic mass is 9.91. The number of carboxylic acid groups (broad SMARTS) is 1. The van der Waals surface area contributed by atoms with E-state index in [2.05, 4.69) is 10.3 Å². The molecule has 144 valence electrons. The fraction of sp³-hybridized carbons (Fsp3) is 0.150. The van der Waals surface area contributed by atoms with E-state index in [-0.39, 0.29) is 11.5 Å². The number of carbonyl (C=O) groups excluding carboxylic acids is 2. The molecule has 0 radical (unpaired) electrons. The van der Waals surface area contributed by atoms with Crippen LogP contribution >= 0.6 is 0 Å². The minimum Gasteiger partial charge on any atom is -0.481 e. The Hall–Kier alpha value is -3.55. The molecule has 3 rings (SSSR count). The van der Waals surface area contributed by atoms with E-state index in [1.807, 2.05) is 0 Å². The maximum absolute atomic E-state index is 13.8. The van der Waals surface area contributed by atoms with Crippen LogP contribution < -0.4 is 5.32 Å². The van der Waals surface area contributed by atoms with Crippen LogP contribution in [0.5, 0.6) is 0 Å². The monoisotopic (exact) mass is 386 g/mol. The average Bonchev–Trinajstić information content (AvgIpc) is 3.01. The lowest BCUT2D eigenvalue weighted by Gasteiger charge is -2.12. The average molecular weight is 386 g/mol. The predicted molar refractivity (Wildman–Crippen MR) is 98.3 cm³/mol. The number of hydrogen-bond acceptors (Lipinski definition) is 3. The molecule has 28 heavy (non-hydrogen) atoms. The highest BCUT2D eigenvalue weighted by Gasteiger charge is 2.27. The molecule has 8 heteroatoms. The van der Waals surface area contributed by atoms with Gasteiger partial charge in [0.05, 0.1) is 11.5 Å². The molecule has 1 aromatic heterocycles. The highest BCUT2D eigenvalue weighted by molar-refractivity contribution is 6.01. The van der Waals surface area contributed by atoms with E-state index < -0.39 is 35.7 Å². The Balaban J connectivity index is 1.93. The highest BCUT2D eigenvalue weighted by Crippen LogP contribution is 2.31. The number of aromatic nitrogens is 1. The van der Waals surface area contributed by atoms with Crippen molar-refractivity contribution in [2.24, 2.45) is 0 Å². The number of aromatic amines is 1.